The number of aryl methyl sites for hydroxylation is 1. The lowest BCUT2D eigenvalue weighted by Gasteiger charge is -2.09. The number of nitrogens with two attached hydrogens (primary N) is 1. The molecule has 3 aromatic rings. The molecule has 3 rings (SSSR count). The van der Waals surface area contributed by atoms with Gasteiger partial charge < -0.3 is 5.73 Å². The van der Waals surface area contributed by atoms with E-state index in [1.54, 1.807) is 18.5 Å². The first-order valence-corrected chi connectivity index (χ1v) is 5.73. The summed E-state index contributed by atoms with van der Waals surface area (Å²) in [7, 11) is 0. The smallest absolute Gasteiger partial charge is 0.357 e. The molecule has 0 atom stereocenters. The molecule has 0 aliphatic rings. The Hall–Kier alpha value is -2.76. The number of aromatic nitrogens is 4. The summed E-state index contributed by atoms with van der Waals surface area (Å²) in [6, 6.07) is 7.31. The van der Waals surface area contributed by atoms with Gasteiger partial charge in [0.25, 0.3) is 0 Å². The van der Waals surface area contributed by atoms with E-state index >= 15 is 0 Å². The van der Waals surface area contributed by atoms with Crippen molar-refractivity contribution in [2.24, 2.45) is 0 Å². The molecule has 0 saturated carbocycles. The molecular weight excluding hydrogens is 242 g/mol. The number of benzene rings is 1. The normalized spacial score (nSPS) is 10.8. The van der Waals surface area contributed by atoms with Gasteiger partial charge >= 0.3 is 5.69 Å². The molecular formula is C13H11N5O. The minimum absolute atomic E-state index is 0.215. The van der Waals surface area contributed by atoms with Gasteiger partial charge in [0, 0.05) is 17.8 Å². The van der Waals surface area contributed by atoms with Crippen molar-refractivity contribution in [3.8, 4) is 5.95 Å². The molecule has 0 spiro atoms. The Morgan fingerprint density at radius 2 is 1.95 bits per heavy atom. The van der Waals surface area contributed by atoms with Crippen LogP contribution in [-0.2, 0) is 0 Å². The van der Waals surface area contributed by atoms with E-state index in [9.17, 15) is 4.79 Å². The Morgan fingerprint density at radius 3 is 2.68 bits per heavy atom. The third kappa shape index (κ3) is 1.83. The Balaban J connectivity index is 2.48. The molecule has 6 nitrogen and oxygen atoms in total. The van der Waals surface area contributed by atoms with Gasteiger partial charge in [-0.2, -0.15) is 4.98 Å². The van der Waals surface area contributed by atoms with Crippen LogP contribution in [-0.4, -0.2) is 19.5 Å². The van der Waals surface area contributed by atoms with Gasteiger partial charge in [0.15, 0.2) is 0 Å². The maximum atomic E-state index is 12.1. The molecule has 6 heteroatoms. The summed E-state index contributed by atoms with van der Waals surface area (Å²) in [4.78, 5) is 24.1. The van der Waals surface area contributed by atoms with Crippen LogP contribution in [0, 0.1) is 6.92 Å². The summed E-state index contributed by atoms with van der Waals surface area (Å²) in [5, 5.41) is 0.706. The van der Waals surface area contributed by atoms with Crippen molar-refractivity contribution in [1.29, 1.82) is 0 Å². The average molecular weight is 253 g/mol. The van der Waals surface area contributed by atoms with Gasteiger partial charge in [-0.25, -0.2) is 19.3 Å². The minimum Gasteiger partial charge on any atom is -0.383 e. The van der Waals surface area contributed by atoms with Crippen molar-refractivity contribution in [2.45, 2.75) is 6.92 Å². The van der Waals surface area contributed by atoms with E-state index in [-0.39, 0.29) is 11.8 Å². The Labute approximate surface area is 108 Å². The maximum Gasteiger partial charge on any atom is 0.357 e. The van der Waals surface area contributed by atoms with E-state index in [4.69, 9.17) is 5.73 Å². The summed E-state index contributed by atoms with van der Waals surface area (Å²) in [6.45, 7) is 1.94. The van der Waals surface area contributed by atoms with Crippen LogP contribution in [0.15, 0.2) is 41.5 Å². The van der Waals surface area contributed by atoms with E-state index in [2.05, 4.69) is 15.0 Å². The highest BCUT2D eigenvalue weighted by Crippen LogP contribution is 2.19. The number of hydrogen-bond acceptors (Lipinski definition) is 5. The van der Waals surface area contributed by atoms with Gasteiger partial charge in [0.1, 0.15) is 5.82 Å². The molecule has 0 aliphatic carbocycles. The van der Waals surface area contributed by atoms with E-state index in [0.29, 0.717) is 10.9 Å². The second-order valence-corrected chi connectivity index (χ2v) is 4.18. The lowest BCUT2D eigenvalue weighted by Crippen LogP contribution is -2.24. The second kappa shape index (κ2) is 4.16. The van der Waals surface area contributed by atoms with Crippen molar-refractivity contribution >= 4 is 16.7 Å². The molecule has 0 amide bonds. The van der Waals surface area contributed by atoms with E-state index < -0.39 is 5.69 Å². The fourth-order valence-electron chi connectivity index (χ4n) is 1.96. The van der Waals surface area contributed by atoms with Crippen LogP contribution in [0.25, 0.3) is 16.9 Å². The van der Waals surface area contributed by atoms with Gasteiger partial charge in [-0.05, 0) is 30.7 Å². The van der Waals surface area contributed by atoms with E-state index in [0.717, 1.165) is 5.56 Å². The number of nitrogens with zero attached hydrogens (tertiary/aromatic N) is 4. The zero-order valence-electron chi connectivity index (χ0n) is 10.2. The molecule has 0 saturated heterocycles. The summed E-state index contributed by atoms with van der Waals surface area (Å²) in [5.74, 6) is 0.503. The van der Waals surface area contributed by atoms with Crippen molar-refractivity contribution in [1.82, 2.24) is 19.5 Å². The standard InChI is InChI=1S/C13H11N5O/c1-8-3-4-9-10(7-8)18(13(19)17-11(9)14)12-15-5-2-6-16-12/h2-7H,1H3,(H2,14,17,19). The van der Waals surface area contributed by atoms with Crippen LogP contribution in [0.1, 0.15) is 5.56 Å². The third-order valence-corrected chi connectivity index (χ3v) is 2.83. The number of fused-ring (bicyclic) bond motifs is 1. The highest BCUT2D eigenvalue weighted by atomic mass is 16.1. The van der Waals surface area contributed by atoms with Crippen molar-refractivity contribution in [3.63, 3.8) is 0 Å². The van der Waals surface area contributed by atoms with Crippen LogP contribution < -0.4 is 11.4 Å². The third-order valence-electron chi connectivity index (χ3n) is 2.83. The molecule has 2 heterocycles. The van der Waals surface area contributed by atoms with Gasteiger partial charge in [-0.3, -0.25) is 0 Å². The summed E-state index contributed by atoms with van der Waals surface area (Å²) in [5.41, 5.74) is 6.98. The molecule has 2 N–H and O–H groups in total. The predicted octanol–water partition coefficient (Wildman–Crippen LogP) is 1.07. The number of hydrogen-bond donors (Lipinski definition) is 1. The molecule has 0 fully saturated rings. The van der Waals surface area contributed by atoms with E-state index in [1.165, 1.54) is 4.57 Å². The van der Waals surface area contributed by atoms with Crippen LogP contribution in [0.5, 0.6) is 0 Å². The predicted molar refractivity (Wildman–Crippen MR) is 72.1 cm³/mol. The zero-order valence-corrected chi connectivity index (χ0v) is 10.2. The second-order valence-electron chi connectivity index (χ2n) is 4.18. The average Bonchev–Trinajstić information content (AvgIpc) is 2.39. The molecule has 94 valence electrons. The number of anilines is 1. The van der Waals surface area contributed by atoms with Gasteiger partial charge in [0.2, 0.25) is 5.95 Å². The molecule has 0 bridgehead atoms. The van der Waals surface area contributed by atoms with Crippen LogP contribution in [0.3, 0.4) is 0 Å². The maximum absolute atomic E-state index is 12.1. The SMILES string of the molecule is Cc1ccc2c(N)nc(=O)n(-c3ncccn3)c2c1. The monoisotopic (exact) mass is 253 g/mol. The zero-order chi connectivity index (χ0) is 13.4. The highest BCUT2D eigenvalue weighted by Gasteiger charge is 2.11. The van der Waals surface area contributed by atoms with Gasteiger partial charge in [0.05, 0.1) is 5.52 Å². The largest absolute Gasteiger partial charge is 0.383 e. The lowest BCUT2D eigenvalue weighted by molar-refractivity contribution is 0.879. The highest BCUT2D eigenvalue weighted by molar-refractivity contribution is 5.89. The van der Waals surface area contributed by atoms with Crippen molar-refractivity contribution in [3.05, 3.63) is 52.7 Å². The van der Waals surface area contributed by atoms with Crippen LogP contribution >= 0.6 is 0 Å². The fraction of sp³-hybridized carbons (Fsp3) is 0.0769. The van der Waals surface area contributed by atoms with Crippen LogP contribution in [0.2, 0.25) is 0 Å². The molecule has 19 heavy (non-hydrogen) atoms. The topological polar surface area (TPSA) is 86.7 Å². The first-order chi connectivity index (χ1) is 9.16. The first kappa shape index (κ1) is 11.3. The summed E-state index contributed by atoms with van der Waals surface area (Å²) in [6.07, 6.45) is 3.15. The summed E-state index contributed by atoms with van der Waals surface area (Å²) < 4.78 is 1.36. The fourth-order valence-corrected chi connectivity index (χ4v) is 1.96. The van der Waals surface area contributed by atoms with Crippen molar-refractivity contribution < 1.29 is 0 Å². The molecule has 0 aliphatic heterocycles. The molecule has 2 aromatic heterocycles. The minimum atomic E-state index is -0.484. The van der Waals surface area contributed by atoms with Gasteiger partial charge in [-0.1, -0.05) is 6.07 Å². The summed E-state index contributed by atoms with van der Waals surface area (Å²) >= 11 is 0. The molecule has 0 radical (unpaired) electrons. The van der Waals surface area contributed by atoms with Crippen molar-refractivity contribution in [2.75, 3.05) is 5.73 Å². The Kier molecular flexibility index (Phi) is 2.49. The Morgan fingerprint density at radius 1 is 1.21 bits per heavy atom. The number of rotatable bonds is 1. The quantitative estimate of drug-likeness (QED) is 0.700. The van der Waals surface area contributed by atoms with E-state index in [1.807, 2.05) is 25.1 Å². The van der Waals surface area contributed by atoms with Crippen LogP contribution in [0.4, 0.5) is 5.82 Å². The number of nitrogen functional groups attached to an aromatic ring is 1. The van der Waals surface area contributed by atoms with Gasteiger partial charge in [-0.15, -0.1) is 0 Å². The Bertz CT molecular complexity index is 810. The first-order valence-electron chi connectivity index (χ1n) is 5.73. The molecule has 0 unspecified atom stereocenters. The molecule has 1 aromatic carbocycles. The lowest BCUT2D eigenvalue weighted by atomic mass is 10.1.